The Morgan fingerprint density at radius 2 is 1.46 bits per heavy atom. The van der Waals surface area contributed by atoms with Crippen molar-refractivity contribution in [3.8, 4) is 11.5 Å². The lowest BCUT2D eigenvalue weighted by molar-refractivity contribution is -0.139. The van der Waals surface area contributed by atoms with E-state index >= 15 is 0 Å². The number of benzene rings is 3. The monoisotopic (exact) mass is 585 g/mol. The fraction of sp³-hybridized carbons (Fsp3) is 0.333. The first-order valence-corrected chi connectivity index (χ1v) is 14.7. The number of methoxy groups -OCH3 is 2. The molecule has 0 aliphatic rings. The summed E-state index contributed by atoms with van der Waals surface area (Å²) in [5.74, 6) is -0.431. The number of carbonyl (C=O) groups excluding carboxylic acids is 2. The number of sulfonamides is 1. The highest BCUT2D eigenvalue weighted by Gasteiger charge is 2.32. The van der Waals surface area contributed by atoms with Crippen LogP contribution in [0.2, 0.25) is 0 Å². The van der Waals surface area contributed by atoms with Crippen LogP contribution >= 0.6 is 0 Å². The summed E-state index contributed by atoms with van der Waals surface area (Å²) in [4.78, 5) is 28.2. The lowest BCUT2D eigenvalue weighted by Gasteiger charge is -2.32. The molecule has 1 unspecified atom stereocenters. The number of anilines is 1. The normalized spacial score (nSPS) is 11.8. The second-order valence-corrected chi connectivity index (χ2v) is 11.2. The van der Waals surface area contributed by atoms with Crippen molar-refractivity contribution in [1.29, 1.82) is 0 Å². The maximum Gasteiger partial charge on any atom is 0.264 e. The van der Waals surface area contributed by atoms with Crippen LogP contribution in [0, 0.1) is 5.82 Å². The molecule has 0 aliphatic carbocycles. The van der Waals surface area contributed by atoms with Gasteiger partial charge in [0.2, 0.25) is 11.8 Å². The Labute approximate surface area is 240 Å². The SMILES string of the molecule is CCCCNC(=O)C(C)N(Cc1ccc(OC)cc1)C(=O)CN(c1ccc(F)cc1)S(=O)(=O)c1ccc(OC)cc1. The van der Waals surface area contributed by atoms with Crippen LogP contribution in [0.5, 0.6) is 11.5 Å². The summed E-state index contributed by atoms with van der Waals surface area (Å²) < 4.78 is 52.6. The topological polar surface area (TPSA) is 105 Å². The van der Waals surface area contributed by atoms with Crippen LogP contribution < -0.4 is 19.1 Å². The van der Waals surface area contributed by atoms with Crippen molar-refractivity contribution in [3.05, 3.63) is 84.2 Å². The second kappa shape index (κ2) is 14.5. The molecule has 0 bridgehead atoms. The van der Waals surface area contributed by atoms with Gasteiger partial charge in [-0.1, -0.05) is 25.5 Å². The van der Waals surface area contributed by atoms with Gasteiger partial charge in [0.15, 0.2) is 0 Å². The Bertz CT molecular complexity index is 1400. The fourth-order valence-corrected chi connectivity index (χ4v) is 5.47. The molecule has 0 fully saturated rings. The average Bonchev–Trinajstić information content (AvgIpc) is 2.99. The zero-order chi connectivity index (χ0) is 30.0. The Morgan fingerprint density at radius 3 is 2.00 bits per heavy atom. The number of hydrogen-bond acceptors (Lipinski definition) is 6. The number of nitrogens with zero attached hydrogens (tertiary/aromatic N) is 2. The summed E-state index contributed by atoms with van der Waals surface area (Å²) in [5, 5.41) is 2.84. The Hall–Kier alpha value is -4.12. The number of hydrogen-bond donors (Lipinski definition) is 1. The molecule has 1 atom stereocenters. The number of halogens is 1. The van der Waals surface area contributed by atoms with Crippen molar-refractivity contribution in [3.63, 3.8) is 0 Å². The van der Waals surface area contributed by atoms with E-state index in [0.717, 1.165) is 34.8 Å². The van der Waals surface area contributed by atoms with Crippen LogP contribution in [0.4, 0.5) is 10.1 Å². The van der Waals surface area contributed by atoms with Gasteiger partial charge in [-0.15, -0.1) is 0 Å². The number of amides is 2. The molecule has 9 nitrogen and oxygen atoms in total. The lowest BCUT2D eigenvalue weighted by atomic mass is 10.1. The van der Waals surface area contributed by atoms with Crippen molar-refractivity contribution >= 4 is 27.5 Å². The van der Waals surface area contributed by atoms with E-state index in [2.05, 4.69) is 5.32 Å². The molecule has 11 heteroatoms. The predicted octanol–water partition coefficient (Wildman–Crippen LogP) is 4.37. The molecule has 1 N–H and O–H groups in total. The fourth-order valence-electron chi connectivity index (χ4n) is 4.06. The zero-order valence-corrected chi connectivity index (χ0v) is 24.5. The molecule has 41 heavy (non-hydrogen) atoms. The van der Waals surface area contributed by atoms with E-state index in [1.807, 2.05) is 6.92 Å². The van der Waals surface area contributed by atoms with E-state index in [1.54, 1.807) is 38.3 Å². The highest BCUT2D eigenvalue weighted by atomic mass is 32.2. The van der Waals surface area contributed by atoms with Gasteiger partial charge < -0.3 is 19.7 Å². The molecule has 3 aromatic rings. The van der Waals surface area contributed by atoms with Crippen LogP contribution in [0.15, 0.2) is 77.7 Å². The van der Waals surface area contributed by atoms with Gasteiger partial charge in [-0.2, -0.15) is 0 Å². The van der Waals surface area contributed by atoms with E-state index in [4.69, 9.17) is 9.47 Å². The van der Waals surface area contributed by atoms with Gasteiger partial charge >= 0.3 is 0 Å². The second-order valence-electron chi connectivity index (χ2n) is 9.35. The summed E-state index contributed by atoms with van der Waals surface area (Å²) in [5.41, 5.74) is 0.818. The Morgan fingerprint density at radius 1 is 0.902 bits per heavy atom. The Balaban J connectivity index is 1.99. The van der Waals surface area contributed by atoms with Gasteiger partial charge in [0.05, 0.1) is 24.8 Å². The highest BCUT2D eigenvalue weighted by Crippen LogP contribution is 2.26. The summed E-state index contributed by atoms with van der Waals surface area (Å²) in [6, 6.07) is 16.7. The summed E-state index contributed by atoms with van der Waals surface area (Å²) in [7, 11) is -1.27. The molecular formula is C30H36FN3O6S. The largest absolute Gasteiger partial charge is 0.497 e. The maximum absolute atomic E-state index is 13.9. The van der Waals surface area contributed by atoms with Crippen molar-refractivity contribution in [2.75, 3.05) is 31.6 Å². The van der Waals surface area contributed by atoms with E-state index < -0.39 is 34.3 Å². The molecule has 3 rings (SSSR count). The number of carbonyl (C=O) groups is 2. The zero-order valence-electron chi connectivity index (χ0n) is 23.7. The number of unbranched alkanes of at least 4 members (excludes halogenated alkanes) is 1. The first-order chi connectivity index (χ1) is 19.6. The third-order valence-electron chi connectivity index (χ3n) is 6.55. The Kier molecular flexibility index (Phi) is 11.1. The van der Waals surface area contributed by atoms with Gasteiger partial charge in [-0.25, -0.2) is 12.8 Å². The van der Waals surface area contributed by atoms with E-state index in [0.29, 0.717) is 18.0 Å². The molecule has 0 aromatic heterocycles. The predicted molar refractivity (Wildman–Crippen MR) is 155 cm³/mol. The van der Waals surface area contributed by atoms with Gasteiger partial charge in [0.25, 0.3) is 10.0 Å². The molecular weight excluding hydrogens is 549 g/mol. The van der Waals surface area contributed by atoms with Gasteiger partial charge in [0.1, 0.15) is 29.9 Å². The van der Waals surface area contributed by atoms with Crippen LogP contribution in [0.1, 0.15) is 32.3 Å². The van der Waals surface area contributed by atoms with Gasteiger partial charge in [-0.3, -0.25) is 13.9 Å². The average molecular weight is 586 g/mol. The molecule has 3 aromatic carbocycles. The minimum atomic E-state index is -4.28. The summed E-state index contributed by atoms with van der Waals surface area (Å²) >= 11 is 0. The molecule has 0 saturated carbocycles. The van der Waals surface area contributed by atoms with Crippen LogP contribution in [0.3, 0.4) is 0 Å². The third kappa shape index (κ3) is 8.20. The van der Waals surface area contributed by atoms with Crippen molar-refractivity contribution < 1.29 is 31.9 Å². The van der Waals surface area contributed by atoms with Crippen LogP contribution in [-0.4, -0.2) is 58.5 Å². The minimum Gasteiger partial charge on any atom is -0.497 e. The van der Waals surface area contributed by atoms with Gasteiger partial charge in [0, 0.05) is 13.1 Å². The molecule has 0 saturated heterocycles. The van der Waals surface area contributed by atoms with Crippen molar-refractivity contribution in [2.45, 2.75) is 44.2 Å². The van der Waals surface area contributed by atoms with E-state index in [-0.39, 0.29) is 23.0 Å². The summed E-state index contributed by atoms with van der Waals surface area (Å²) in [6.45, 7) is 3.48. The first-order valence-electron chi connectivity index (χ1n) is 13.2. The molecule has 220 valence electrons. The smallest absolute Gasteiger partial charge is 0.264 e. The molecule has 0 radical (unpaired) electrons. The maximum atomic E-state index is 13.9. The standard InChI is InChI=1S/C30H36FN3O6S/c1-5-6-19-32-30(36)22(2)33(20-23-7-13-26(39-3)14-8-23)29(35)21-34(25-11-9-24(31)10-12-25)41(37,38)28-17-15-27(40-4)16-18-28/h7-18,22H,5-6,19-21H2,1-4H3,(H,32,36). The molecule has 0 heterocycles. The quantitative estimate of drug-likeness (QED) is 0.282. The number of nitrogens with one attached hydrogen (secondary N) is 1. The third-order valence-corrected chi connectivity index (χ3v) is 8.34. The summed E-state index contributed by atoms with van der Waals surface area (Å²) in [6.07, 6.45) is 1.67. The highest BCUT2D eigenvalue weighted by molar-refractivity contribution is 7.92. The van der Waals surface area contributed by atoms with E-state index in [9.17, 15) is 22.4 Å². The first kappa shape index (κ1) is 31.4. The van der Waals surface area contributed by atoms with Crippen LogP contribution in [0.25, 0.3) is 0 Å². The molecule has 0 spiro atoms. The van der Waals surface area contributed by atoms with Gasteiger partial charge in [-0.05, 0) is 79.6 Å². The van der Waals surface area contributed by atoms with Crippen molar-refractivity contribution in [2.24, 2.45) is 0 Å². The number of rotatable bonds is 14. The lowest BCUT2D eigenvalue weighted by Crippen LogP contribution is -2.51. The minimum absolute atomic E-state index is 0.0467. The van der Waals surface area contributed by atoms with Crippen LogP contribution in [-0.2, 0) is 26.2 Å². The van der Waals surface area contributed by atoms with Crippen molar-refractivity contribution in [1.82, 2.24) is 10.2 Å². The number of ether oxygens (including phenoxy) is 2. The molecule has 0 aliphatic heterocycles. The van der Waals surface area contributed by atoms with E-state index in [1.165, 1.54) is 48.4 Å². The molecule has 2 amide bonds.